The van der Waals surface area contributed by atoms with Gasteiger partial charge in [0.05, 0.1) is 26.4 Å². The molecule has 0 aliphatic rings. The van der Waals surface area contributed by atoms with E-state index >= 15 is 0 Å². The molecule has 0 aliphatic heterocycles. The number of hydrogen-bond donors (Lipinski definition) is 12. The molecule has 0 heterocycles. The first kappa shape index (κ1) is 136. The summed E-state index contributed by atoms with van der Waals surface area (Å²) in [5, 5.41) is 36.3. The fourth-order valence-electron chi connectivity index (χ4n) is 12.4. The molecule has 8 unspecified atom stereocenters. The summed E-state index contributed by atoms with van der Waals surface area (Å²) in [6.45, 7) is 8.35. The van der Waals surface area contributed by atoms with E-state index in [0.29, 0.717) is 25.7 Å². The number of aliphatic hydroxyl groups excluding tert-OH is 4. The summed E-state index contributed by atoms with van der Waals surface area (Å²) in [4.78, 5) is 115. The van der Waals surface area contributed by atoms with E-state index in [1.165, 1.54) is 308 Å². The quantitative estimate of drug-likeness (QED) is 0.0153. The number of rotatable bonds is 80. The van der Waals surface area contributed by atoms with Crippen LogP contribution < -0.4 is 138 Å². The van der Waals surface area contributed by atoms with Crippen molar-refractivity contribution in [3.63, 3.8) is 0 Å². The van der Waals surface area contributed by atoms with Crippen LogP contribution in [0, 0.1) is 0 Å². The van der Waals surface area contributed by atoms with E-state index in [1.807, 2.05) is 0 Å². The van der Waals surface area contributed by atoms with Crippen molar-refractivity contribution in [2.45, 2.75) is 461 Å². The summed E-state index contributed by atoms with van der Waals surface area (Å²) < 4.78 is 107. The predicted octanol–water partition coefficient (Wildman–Crippen LogP) is 9.10. The van der Waals surface area contributed by atoms with Crippen LogP contribution in [0.3, 0.4) is 0 Å². The van der Waals surface area contributed by atoms with Gasteiger partial charge in [0.15, 0.2) is 30.4 Å². The van der Waals surface area contributed by atoms with Crippen molar-refractivity contribution in [2.75, 3.05) is 26.4 Å². The van der Waals surface area contributed by atoms with Gasteiger partial charge in [-0.05, 0) is 25.7 Å². The van der Waals surface area contributed by atoms with Gasteiger partial charge < -0.3 is 116 Å². The van der Waals surface area contributed by atoms with Gasteiger partial charge in [0.25, 0.3) is 0 Å². The number of unbranched alkanes of at least 4 members (excludes halogenated alkanes) is 60. The fourth-order valence-corrected chi connectivity index (χ4v) is 21.1. The van der Waals surface area contributed by atoms with E-state index in [9.17, 15) is 56.1 Å². The van der Waals surface area contributed by atoms with E-state index in [1.54, 1.807) is 0 Å². The first-order valence-electron chi connectivity index (χ1n) is 43.6. The van der Waals surface area contributed by atoms with Gasteiger partial charge >= 0.3 is 149 Å². The molecule has 0 aromatic rings. The predicted molar refractivity (Wildman–Crippen MR) is 445 cm³/mol. The molecule has 0 radical (unpaired) electrons. The van der Waals surface area contributed by atoms with Crippen LogP contribution in [0.15, 0.2) is 0 Å². The zero-order chi connectivity index (χ0) is 85.2. The van der Waals surface area contributed by atoms with Crippen LogP contribution in [-0.4, -0.2) is 108 Å². The van der Waals surface area contributed by atoms with E-state index in [0.717, 1.165) is 77.0 Å². The summed E-state index contributed by atoms with van der Waals surface area (Å²) in [5.74, 6) is 0. The van der Waals surface area contributed by atoms with Crippen molar-refractivity contribution in [3.05, 3.63) is 0 Å². The van der Waals surface area contributed by atoms with E-state index in [-0.39, 0.29) is 145 Å². The topological polar surface area (TPSA) is 508 Å². The molecule has 680 valence electrons. The van der Waals surface area contributed by atoms with Gasteiger partial charge in [-0.3, -0.25) is 18.3 Å². The second kappa shape index (κ2) is 90.6. The Kier molecular flexibility index (Phi) is 107. The Balaban J connectivity index is -0.000000221. The molecule has 0 bridgehead atoms. The van der Waals surface area contributed by atoms with Gasteiger partial charge in [-0.15, -0.1) is 0 Å². The Morgan fingerprint density at radius 2 is 0.259 bits per heavy atom. The first-order chi connectivity index (χ1) is 52.9. The Bertz CT molecular complexity index is 2170. The third-order valence-corrected chi connectivity index (χ3v) is 33.3. The molecule has 28 nitrogen and oxygen atoms in total. The van der Waals surface area contributed by atoms with Crippen LogP contribution in [-0.2, 0) is 54.6 Å². The summed E-state index contributed by atoms with van der Waals surface area (Å²) >= 11 is 0. The second-order valence-electron chi connectivity index (χ2n) is 30.4. The summed E-state index contributed by atoms with van der Waals surface area (Å²) in [6, 6.07) is 0. The molecule has 0 aromatic heterocycles. The molecular formula is C76H164Na4O28P8. The minimum atomic E-state index is -5.12. The van der Waals surface area contributed by atoms with E-state index in [2.05, 4.69) is 45.8 Å². The molecule has 0 fully saturated rings. The van der Waals surface area contributed by atoms with Crippen LogP contribution in [0.5, 0.6) is 0 Å². The van der Waals surface area contributed by atoms with Gasteiger partial charge in [-0.25, -0.2) is 0 Å². The van der Waals surface area contributed by atoms with Gasteiger partial charge in [0, 0.05) is 0 Å². The first-order valence-corrected chi connectivity index (χ1v) is 56.8. The van der Waals surface area contributed by atoms with E-state index < -0.39 is 83.1 Å². The number of aliphatic hydroxyl groups is 4. The van der Waals surface area contributed by atoms with Crippen LogP contribution in [0.2, 0.25) is 0 Å². The normalized spacial score (nSPS) is 14.9. The maximum Gasteiger partial charge on any atom is 1.00 e. The van der Waals surface area contributed by atoms with Crippen molar-refractivity contribution < 1.29 is 252 Å². The standard InChI is InChI=1S/4C19H42O7P2.4Na/c4*1-2-3-4-5-6-7-8-9-10-11-12-13-14-15-16-17-18-26-28(24,25)19(20)27(21,22)23;;;;/h4*19-20H,2-18H2,1H3,(H,24,25)(H2,21,22,23);;;;/q;;;;4*+1/p-4. The smallest absolute Gasteiger partial charge is 0.776 e. The Labute approximate surface area is 792 Å². The average molecular weight is 1870 g/mol. The van der Waals surface area contributed by atoms with Gasteiger partial charge in [0.2, 0.25) is 22.3 Å². The van der Waals surface area contributed by atoms with Crippen LogP contribution in [0.4, 0.5) is 0 Å². The molecule has 12 N–H and O–H groups in total. The maximum atomic E-state index is 11.4. The molecule has 116 heavy (non-hydrogen) atoms. The Hall–Kier alpha value is 5.04. The zero-order valence-corrected chi connectivity index (χ0v) is 89.0. The van der Waals surface area contributed by atoms with Gasteiger partial charge in [0.1, 0.15) is 0 Å². The molecular weight excluding hydrogens is 1700 g/mol. The molecule has 0 spiro atoms. The van der Waals surface area contributed by atoms with Gasteiger partial charge in [-0.1, -0.05) is 413 Å². The molecule has 0 amide bonds. The number of hydrogen-bond acceptors (Lipinski definition) is 20. The minimum Gasteiger partial charge on any atom is -0.776 e. The summed E-state index contributed by atoms with van der Waals surface area (Å²) in [7, 11) is -40.3. The van der Waals surface area contributed by atoms with Crippen molar-refractivity contribution in [2.24, 2.45) is 0 Å². The molecule has 40 heteroatoms. The molecule has 8 atom stereocenters. The summed E-state index contributed by atoms with van der Waals surface area (Å²) in [6.07, 6.45) is 76.9. The van der Waals surface area contributed by atoms with E-state index in [4.69, 9.17) is 59.6 Å². The fraction of sp³-hybridized carbons (Fsp3) is 1.00. The summed E-state index contributed by atoms with van der Waals surface area (Å²) in [5.41, 5.74) is -11.1. The maximum absolute atomic E-state index is 11.4. The van der Waals surface area contributed by atoms with Crippen LogP contribution in [0.25, 0.3) is 0 Å². The van der Waals surface area contributed by atoms with Crippen LogP contribution in [0.1, 0.15) is 439 Å². The largest absolute Gasteiger partial charge is 1.00 e. The Morgan fingerprint density at radius 1 is 0.181 bits per heavy atom. The van der Waals surface area contributed by atoms with Crippen molar-refractivity contribution in [1.82, 2.24) is 0 Å². The molecule has 0 aromatic carbocycles. The third-order valence-electron chi connectivity index (χ3n) is 19.4. The minimum absolute atomic E-state index is 0. The molecule has 0 aliphatic carbocycles. The Morgan fingerprint density at radius 3 is 0.336 bits per heavy atom. The molecule has 0 saturated heterocycles. The zero-order valence-electron chi connectivity index (χ0n) is 73.9. The SMILES string of the molecule is CCCCCCCCCCCCCCCCCCOP(=O)([O-])C(O)P(=O)(O)O.CCCCCCCCCCCCCCCCCCOP(=O)([O-])C(O)P(=O)(O)O.CCCCCCCCCCCCCCCCCCOP(=O)([O-])C(O)P(=O)(O)O.CCCCCCCCCCCCCCCCCCOP(=O)([O-])C(O)P(=O)(O)O.[Na+].[Na+].[Na+].[Na+]. The van der Waals surface area contributed by atoms with Crippen molar-refractivity contribution >= 4 is 60.8 Å². The third kappa shape index (κ3) is 93.7. The average Bonchev–Trinajstić information content (AvgIpc) is 0.859. The van der Waals surface area contributed by atoms with Gasteiger partial charge in [-0.2, -0.15) is 0 Å². The van der Waals surface area contributed by atoms with Crippen LogP contribution >= 0.6 is 60.8 Å². The second-order valence-corrected chi connectivity index (χ2v) is 46.1. The van der Waals surface area contributed by atoms with Crippen molar-refractivity contribution in [3.8, 4) is 0 Å². The van der Waals surface area contributed by atoms with Crippen molar-refractivity contribution in [1.29, 1.82) is 0 Å². The monoisotopic (exact) mass is 1860 g/mol. The molecule has 0 saturated carbocycles. The molecule has 0 rings (SSSR count).